The Labute approximate surface area is 223 Å². The summed E-state index contributed by atoms with van der Waals surface area (Å²) in [5.41, 5.74) is 3.05. The van der Waals surface area contributed by atoms with Crippen LogP contribution in [0.25, 0.3) is 10.8 Å². The number of likely N-dealkylation sites (tertiary alicyclic amines) is 1. The van der Waals surface area contributed by atoms with E-state index in [9.17, 15) is 14.0 Å². The Bertz CT molecular complexity index is 1350. The highest BCUT2D eigenvalue weighted by molar-refractivity contribution is 5.97. The lowest BCUT2D eigenvalue weighted by molar-refractivity contribution is -0.119. The smallest absolute Gasteiger partial charge is 0.318 e. The van der Waals surface area contributed by atoms with E-state index in [4.69, 9.17) is 0 Å². The van der Waals surface area contributed by atoms with E-state index in [1.54, 1.807) is 11.0 Å². The molecule has 0 spiro atoms. The predicted octanol–water partition coefficient (Wildman–Crippen LogP) is 5.60. The SMILES string of the molecule is Cc1ccccc1NC(=O)[C@@H]1CCCN1C(=O)NC1C[C@H]2CC[C@H](C1)N2Cc1ccc2cc(F)ccc2c1. The van der Waals surface area contributed by atoms with Crippen LogP contribution in [0.3, 0.4) is 0 Å². The van der Waals surface area contributed by atoms with Crippen molar-refractivity contribution in [1.29, 1.82) is 0 Å². The molecule has 3 heterocycles. The van der Waals surface area contributed by atoms with Crippen LogP contribution in [0.4, 0.5) is 14.9 Å². The third-order valence-corrected chi connectivity index (χ3v) is 8.66. The Morgan fingerprint density at radius 2 is 1.68 bits per heavy atom. The first-order valence-electron chi connectivity index (χ1n) is 13.8. The number of aryl methyl sites for hydroxylation is 1. The molecule has 38 heavy (non-hydrogen) atoms. The Kier molecular flexibility index (Phi) is 6.78. The highest BCUT2D eigenvalue weighted by atomic mass is 19.1. The van der Waals surface area contributed by atoms with Crippen molar-refractivity contribution in [3.05, 3.63) is 77.6 Å². The fraction of sp³-hybridized carbons (Fsp3) is 0.419. The molecule has 3 aliphatic heterocycles. The number of carbonyl (C=O) groups is 2. The van der Waals surface area contributed by atoms with E-state index in [2.05, 4.69) is 27.7 Å². The van der Waals surface area contributed by atoms with E-state index in [0.29, 0.717) is 25.0 Å². The van der Waals surface area contributed by atoms with Crippen LogP contribution < -0.4 is 10.6 Å². The molecular formula is C31H35FN4O2. The highest BCUT2D eigenvalue weighted by Gasteiger charge is 2.42. The standard InChI is InChI=1S/C31H35FN4O2/c1-20-5-2-3-6-28(20)34-30(37)29-7-4-14-35(29)31(38)33-25-17-26-12-13-27(18-25)36(26)19-21-8-9-23-16-24(32)11-10-22(23)15-21/h2-3,5-6,8-11,15-16,25-27,29H,4,7,12-14,17-19H2,1H3,(H,33,38)(H,34,37)/t26-,27-,29+/m1/s1. The number of fused-ring (bicyclic) bond motifs is 3. The molecule has 0 radical (unpaired) electrons. The molecule has 0 unspecified atom stereocenters. The quantitative estimate of drug-likeness (QED) is 0.466. The number of hydrogen-bond acceptors (Lipinski definition) is 3. The van der Waals surface area contributed by atoms with Gasteiger partial charge in [-0.1, -0.05) is 36.4 Å². The fourth-order valence-corrected chi connectivity index (χ4v) is 6.69. The molecule has 3 amide bonds. The van der Waals surface area contributed by atoms with Crippen LogP contribution in [-0.2, 0) is 11.3 Å². The fourth-order valence-electron chi connectivity index (χ4n) is 6.69. The number of piperidine rings is 1. The summed E-state index contributed by atoms with van der Waals surface area (Å²) in [5.74, 6) is -0.320. The number of carbonyl (C=O) groups excluding carboxylic acids is 2. The number of nitrogens with one attached hydrogen (secondary N) is 2. The monoisotopic (exact) mass is 514 g/mol. The summed E-state index contributed by atoms with van der Waals surface area (Å²) < 4.78 is 13.5. The second-order valence-electron chi connectivity index (χ2n) is 11.2. The molecule has 2 bridgehead atoms. The summed E-state index contributed by atoms with van der Waals surface area (Å²) in [6, 6.07) is 19.4. The van der Waals surface area contributed by atoms with Gasteiger partial charge >= 0.3 is 6.03 Å². The molecule has 3 fully saturated rings. The summed E-state index contributed by atoms with van der Waals surface area (Å²) in [7, 11) is 0. The van der Waals surface area contributed by atoms with Crippen LogP contribution in [0.5, 0.6) is 0 Å². The molecule has 7 heteroatoms. The van der Waals surface area contributed by atoms with E-state index in [0.717, 1.165) is 60.7 Å². The van der Waals surface area contributed by atoms with Crippen molar-refractivity contribution < 1.29 is 14.0 Å². The van der Waals surface area contributed by atoms with Gasteiger partial charge in [-0.25, -0.2) is 9.18 Å². The van der Waals surface area contributed by atoms with Crippen molar-refractivity contribution in [1.82, 2.24) is 15.1 Å². The molecule has 6 rings (SSSR count). The first-order chi connectivity index (χ1) is 18.4. The zero-order valence-electron chi connectivity index (χ0n) is 21.8. The summed E-state index contributed by atoms with van der Waals surface area (Å²) in [5, 5.41) is 8.28. The third kappa shape index (κ3) is 4.99. The summed E-state index contributed by atoms with van der Waals surface area (Å²) in [6.07, 6.45) is 5.65. The molecule has 3 aromatic rings. The zero-order chi connectivity index (χ0) is 26.2. The number of halogens is 1. The normalized spacial score (nSPS) is 25.1. The van der Waals surface area contributed by atoms with Crippen molar-refractivity contribution in [2.45, 2.75) is 76.2 Å². The average Bonchev–Trinajstić information content (AvgIpc) is 3.48. The maximum absolute atomic E-state index is 13.5. The van der Waals surface area contributed by atoms with E-state index >= 15 is 0 Å². The van der Waals surface area contributed by atoms with Crippen molar-refractivity contribution in [3.63, 3.8) is 0 Å². The van der Waals surface area contributed by atoms with Gasteiger partial charge in [0, 0.05) is 36.9 Å². The van der Waals surface area contributed by atoms with E-state index in [-0.39, 0.29) is 23.8 Å². The molecule has 198 valence electrons. The molecule has 0 aromatic heterocycles. The van der Waals surface area contributed by atoms with Crippen LogP contribution in [-0.4, -0.2) is 52.5 Å². The average molecular weight is 515 g/mol. The molecule has 3 aliphatic rings. The molecular weight excluding hydrogens is 479 g/mol. The minimum absolute atomic E-state index is 0.111. The number of amides is 3. The van der Waals surface area contributed by atoms with E-state index in [1.165, 1.54) is 11.6 Å². The van der Waals surface area contributed by atoms with Crippen LogP contribution in [0.15, 0.2) is 60.7 Å². The summed E-state index contributed by atoms with van der Waals surface area (Å²) in [4.78, 5) is 30.6. The van der Waals surface area contributed by atoms with Gasteiger partial charge in [-0.3, -0.25) is 9.69 Å². The zero-order valence-corrected chi connectivity index (χ0v) is 21.8. The Hall–Kier alpha value is -3.45. The van der Waals surface area contributed by atoms with Gasteiger partial charge in [0.1, 0.15) is 11.9 Å². The molecule has 2 N–H and O–H groups in total. The number of benzene rings is 3. The van der Waals surface area contributed by atoms with Gasteiger partial charge in [0.25, 0.3) is 0 Å². The van der Waals surface area contributed by atoms with Crippen molar-refractivity contribution in [2.24, 2.45) is 0 Å². The molecule has 3 aromatic carbocycles. The minimum atomic E-state index is -0.437. The predicted molar refractivity (Wildman–Crippen MR) is 147 cm³/mol. The van der Waals surface area contributed by atoms with Gasteiger partial charge in [0.2, 0.25) is 5.91 Å². The lowest BCUT2D eigenvalue weighted by atomic mass is 9.96. The molecule has 6 nitrogen and oxygen atoms in total. The number of urea groups is 1. The lowest BCUT2D eigenvalue weighted by Crippen LogP contribution is -2.54. The third-order valence-electron chi connectivity index (χ3n) is 8.66. The van der Waals surface area contributed by atoms with Crippen molar-refractivity contribution in [3.8, 4) is 0 Å². The minimum Gasteiger partial charge on any atom is -0.335 e. The van der Waals surface area contributed by atoms with Crippen molar-refractivity contribution in [2.75, 3.05) is 11.9 Å². The van der Waals surface area contributed by atoms with Crippen molar-refractivity contribution >= 4 is 28.4 Å². The van der Waals surface area contributed by atoms with Gasteiger partial charge in [-0.2, -0.15) is 0 Å². The number of anilines is 1. The van der Waals surface area contributed by atoms with Gasteiger partial charge in [0.15, 0.2) is 0 Å². The Morgan fingerprint density at radius 3 is 2.47 bits per heavy atom. The first-order valence-corrected chi connectivity index (χ1v) is 13.8. The molecule has 0 saturated carbocycles. The number of nitrogens with zero attached hydrogens (tertiary/aromatic N) is 2. The van der Waals surface area contributed by atoms with Gasteiger partial charge in [-0.05, 0) is 91.6 Å². The lowest BCUT2D eigenvalue weighted by Gasteiger charge is -2.40. The maximum atomic E-state index is 13.5. The highest BCUT2D eigenvalue weighted by Crippen LogP contribution is 2.37. The Morgan fingerprint density at radius 1 is 0.947 bits per heavy atom. The summed E-state index contributed by atoms with van der Waals surface area (Å²) in [6.45, 7) is 3.45. The van der Waals surface area contributed by atoms with Gasteiger partial charge < -0.3 is 15.5 Å². The summed E-state index contributed by atoms with van der Waals surface area (Å²) >= 11 is 0. The van der Waals surface area contributed by atoms with Crippen LogP contribution in [0.2, 0.25) is 0 Å². The first kappa shape index (κ1) is 24.9. The molecule has 3 atom stereocenters. The molecule has 0 aliphatic carbocycles. The number of para-hydroxylation sites is 1. The maximum Gasteiger partial charge on any atom is 0.318 e. The second kappa shape index (κ2) is 10.4. The van der Waals surface area contributed by atoms with E-state index in [1.807, 2.05) is 43.3 Å². The second-order valence-corrected chi connectivity index (χ2v) is 11.2. The Balaban J connectivity index is 1.06. The van der Waals surface area contributed by atoms with Gasteiger partial charge in [0.05, 0.1) is 0 Å². The number of rotatable bonds is 5. The topological polar surface area (TPSA) is 64.7 Å². The largest absolute Gasteiger partial charge is 0.335 e. The number of hydrogen-bond donors (Lipinski definition) is 2. The van der Waals surface area contributed by atoms with Crippen LogP contribution >= 0.6 is 0 Å². The van der Waals surface area contributed by atoms with Crippen LogP contribution in [0, 0.1) is 12.7 Å². The molecule has 3 saturated heterocycles. The van der Waals surface area contributed by atoms with E-state index < -0.39 is 6.04 Å². The van der Waals surface area contributed by atoms with Gasteiger partial charge in [-0.15, -0.1) is 0 Å². The van der Waals surface area contributed by atoms with Crippen LogP contribution in [0.1, 0.15) is 49.7 Å².